The molecule has 0 aliphatic heterocycles. The molecule has 0 unspecified atom stereocenters. The first-order valence-corrected chi connectivity index (χ1v) is 6.54. The van der Waals surface area contributed by atoms with Crippen molar-refractivity contribution in [2.75, 3.05) is 11.9 Å². The number of phenols is 1. The van der Waals surface area contributed by atoms with Gasteiger partial charge in [-0.1, -0.05) is 24.3 Å². The van der Waals surface area contributed by atoms with Crippen molar-refractivity contribution in [3.63, 3.8) is 0 Å². The molecule has 1 atom stereocenters. The normalized spacial score (nSPS) is 12.0. The molecule has 0 aromatic heterocycles. The van der Waals surface area contributed by atoms with Gasteiger partial charge in [-0.05, 0) is 36.2 Å². The van der Waals surface area contributed by atoms with Crippen LogP contribution in [-0.4, -0.2) is 24.1 Å². The number of phenolic OH excluding ortho intramolecular Hbond substituents is 1. The molecular formula is C16H17FN2O2. The first-order chi connectivity index (χ1) is 9.99. The highest BCUT2D eigenvalue weighted by Gasteiger charge is 2.21. The van der Waals surface area contributed by atoms with Crippen molar-refractivity contribution in [1.29, 1.82) is 0 Å². The number of aromatic hydroxyl groups is 1. The molecular weight excluding hydrogens is 271 g/mol. The van der Waals surface area contributed by atoms with Crippen LogP contribution in [0.1, 0.15) is 5.56 Å². The zero-order valence-corrected chi connectivity index (χ0v) is 11.7. The van der Waals surface area contributed by atoms with Crippen molar-refractivity contribution in [3.05, 3.63) is 59.9 Å². The summed E-state index contributed by atoms with van der Waals surface area (Å²) < 4.78 is 13.7. The smallest absolute Gasteiger partial charge is 0.244 e. The maximum Gasteiger partial charge on any atom is 0.244 e. The SMILES string of the molecule is CN(C(=O)[C@@H](N)Cc1ccc(O)cc1)c1ccccc1F. The van der Waals surface area contributed by atoms with Crippen LogP contribution in [0.2, 0.25) is 0 Å². The first-order valence-electron chi connectivity index (χ1n) is 6.54. The average Bonchev–Trinajstić information content (AvgIpc) is 2.48. The van der Waals surface area contributed by atoms with Crippen LogP contribution in [0.25, 0.3) is 0 Å². The van der Waals surface area contributed by atoms with Gasteiger partial charge in [-0.3, -0.25) is 4.79 Å². The fraction of sp³-hybridized carbons (Fsp3) is 0.188. The first kappa shape index (κ1) is 15.0. The van der Waals surface area contributed by atoms with Gasteiger partial charge >= 0.3 is 0 Å². The molecule has 2 aromatic carbocycles. The molecule has 0 fully saturated rings. The van der Waals surface area contributed by atoms with E-state index in [9.17, 15) is 14.3 Å². The van der Waals surface area contributed by atoms with E-state index in [4.69, 9.17) is 5.73 Å². The standard InChI is InChI=1S/C16H17FN2O2/c1-19(15-5-3-2-4-13(15)17)16(21)14(18)10-11-6-8-12(20)9-7-11/h2-9,14,20H,10,18H2,1H3/t14-/m0/s1. The Labute approximate surface area is 122 Å². The topological polar surface area (TPSA) is 66.6 Å². The van der Waals surface area contributed by atoms with Crippen LogP contribution in [0.5, 0.6) is 5.75 Å². The third-order valence-corrected chi connectivity index (χ3v) is 3.25. The van der Waals surface area contributed by atoms with Crippen LogP contribution in [-0.2, 0) is 11.2 Å². The second kappa shape index (κ2) is 6.37. The highest BCUT2D eigenvalue weighted by molar-refractivity contribution is 5.96. The summed E-state index contributed by atoms with van der Waals surface area (Å²) in [6.07, 6.45) is 0.317. The predicted molar refractivity (Wildman–Crippen MR) is 79.6 cm³/mol. The zero-order valence-electron chi connectivity index (χ0n) is 11.7. The number of rotatable bonds is 4. The van der Waals surface area contributed by atoms with Crippen LogP contribution < -0.4 is 10.6 Å². The summed E-state index contributed by atoms with van der Waals surface area (Å²) in [4.78, 5) is 13.5. The van der Waals surface area contributed by atoms with E-state index in [2.05, 4.69) is 0 Å². The molecule has 0 aliphatic carbocycles. The average molecular weight is 288 g/mol. The molecule has 2 aromatic rings. The zero-order chi connectivity index (χ0) is 15.4. The Morgan fingerprint density at radius 3 is 2.48 bits per heavy atom. The summed E-state index contributed by atoms with van der Waals surface area (Å²) in [7, 11) is 1.50. The number of halogens is 1. The minimum Gasteiger partial charge on any atom is -0.508 e. The van der Waals surface area contributed by atoms with Crippen LogP contribution in [0.15, 0.2) is 48.5 Å². The predicted octanol–water partition coefficient (Wildman–Crippen LogP) is 2.06. The molecule has 0 bridgehead atoms. The van der Waals surface area contributed by atoms with Gasteiger partial charge in [0.05, 0.1) is 11.7 Å². The highest BCUT2D eigenvalue weighted by atomic mass is 19.1. The fourth-order valence-corrected chi connectivity index (χ4v) is 2.06. The molecule has 2 rings (SSSR count). The van der Waals surface area contributed by atoms with Crippen molar-refractivity contribution >= 4 is 11.6 Å². The maximum absolute atomic E-state index is 13.7. The Kier molecular flexibility index (Phi) is 4.55. The Morgan fingerprint density at radius 2 is 1.86 bits per heavy atom. The molecule has 110 valence electrons. The number of hydrogen-bond donors (Lipinski definition) is 2. The number of hydrogen-bond acceptors (Lipinski definition) is 3. The van der Waals surface area contributed by atoms with Gasteiger partial charge in [0, 0.05) is 7.05 Å². The number of likely N-dealkylation sites (N-methyl/N-ethyl adjacent to an activating group) is 1. The van der Waals surface area contributed by atoms with E-state index in [0.717, 1.165) is 5.56 Å². The molecule has 5 heteroatoms. The van der Waals surface area contributed by atoms with Crippen molar-refractivity contribution in [2.24, 2.45) is 5.73 Å². The van der Waals surface area contributed by atoms with Crippen molar-refractivity contribution in [2.45, 2.75) is 12.5 Å². The van der Waals surface area contributed by atoms with E-state index in [0.29, 0.717) is 6.42 Å². The number of nitrogens with two attached hydrogens (primary N) is 1. The Hall–Kier alpha value is -2.40. The highest BCUT2D eigenvalue weighted by Crippen LogP contribution is 2.18. The third kappa shape index (κ3) is 3.58. The minimum absolute atomic E-state index is 0.155. The van der Waals surface area contributed by atoms with Crippen LogP contribution in [0, 0.1) is 5.82 Å². The summed E-state index contributed by atoms with van der Waals surface area (Å²) in [5, 5.41) is 9.22. The van der Waals surface area contributed by atoms with Crippen LogP contribution >= 0.6 is 0 Å². The molecule has 0 aliphatic rings. The maximum atomic E-state index is 13.7. The monoisotopic (exact) mass is 288 g/mol. The van der Waals surface area contributed by atoms with Crippen molar-refractivity contribution < 1.29 is 14.3 Å². The van der Waals surface area contributed by atoms with Crippen molar-refractivity contribution in [3.8, 4) is 5.75 Å². The Bertz CT molecular complexity index is 628. The summed E-state index contributed by atoms with van der Waals surface area (Å²) in [5.41, 5.74) is 6.93. The van der Waals surface area contributed by atoms with Gasteiger partial charge in [0.25, 0.3) is 0 Å². The van der Waals surface area contributed by atoms with E-state index in [1.54, 1.807) is 24.3 Å². The molecule has 21 heavy (non-hydrogen) atoms. The second-order valence-corrected chi connectivity index (χ2v) is 4.83. The number of nitrogens with zero attached hydrogens (tertiary/aromatic N) is 1. The Morgan fingerprint density at radius 1 is 1.24 bits per heavy atom. The lowest BCUT2D eigenvalue weighted by Gasteiger charge is -2.22. The minimum atomic E-state index is -0.779. The van der Waals surface area contributed by atoms with Gasteiger partial charge in [-0.2, -0.15) is 0 Å². The number of anilines is 1. The van der Waals surface area contributed by atoms with Crippen LogP contribution in [0.4, 0.5) is 10.1 Å². The van der Waals surface area contributed by atoms with E-state index >= 15 is 0 Å². The van der Waals surface area contributed by atoms with E-state index in [1.165, 1.54) is 36.2 Å². The molecule has 0 saturated carbocycles. The molecule has 4 nitrogen and oxygen atoms in total. The molecule has 1 amide bonds. The number of carbonyl (C=O) groups excluding carboxylic acids is 1. The lowest BCUT2D eigenvalue weighted by molar-refractivity contribution is -0.119. The molecule has 0 saturated heterocycles. The van der Waals surface area contributed by atoms with Crippen molar-refractivity contribution in [1.82, 2.24) is 0 Å². The van der Waals surface area contributed by atoms with E-state index < -0.39 is 11.9 Å². The number of carbonyl (C=O) groups is 1. The van der Waals surface area contributed by atoms with E-state index in [1.807, 2.05) is 0 Å². The largest absolute Gasteiger partial charge is 0.508 e. The second-order valence-electron chi connectivity index (χ2n) is 4.83. The quantitative estimate of drug-likeness (QED) is 0.905. The van der Waals surface area contributed by atoms with Gasteiger partial charge in [0.2, 0.25) is 5.91 Å². The lowest BCUT2D eigenvalue weighted by Crippen LogP contribution is -2.43. The van der Waals surface area contributed by atoms with Crippen LogP contribution in [0.3, 0.4) is 0 Å². The molecule has 0 heterocycles. The fourth-order valence-electron chi connectivity index (χ4n) is 2.06. The summed E-state index contributed by atoms with van der Waals surface area (Å²) >= 11 is 0. The Balaban J connectivity index is 2.08. The van der Waals surface area contributed by atoms with Gasteiger partial charge in [-0.15, -0.1) is 0 Å². The van der Waals surface area contributed by atoms with Gasteiger partial charge in [-0.25, -0.2) is 4.39 Å². The van der Waals surface area contributed by atoms with Gasteiger partial charge in [0.1, 0.15) is 11.6 Å². The molecule has 0 radical (unpaired) electrons. The molecule has 3 N–H and O–H groups in total. The summed E-state index contributed by atoms with van der Waals surface area (Å²) in [6.45, 7) is 0. The number of benzene rings is 2. The van der Waals surface area contributed by atoms with Gasteiger partial charge < -0.3 is 15.7 Å². The third-order valence-electron chi connectivity index (χ3n) is 3.25. The van der Waals surface area contributed by atoms with Gasteiger partial charge in [0.15, 0.2) is 0 Å². The lowest BCUT2D eigenvalue weighted by atomic mass is 10.1. The number of amides is 1. The molecule has 0 spiro atoms. The summed E-state index contributed by atoms with van der Waals surface area (Å²) in [6, 6.07) is 11.7. The summed E-state index contributed by atoms with van der Waals surface area (Å²) in [5.74, 6) is -0.680. The number of para-hydroxylation sites is 1. The van der Waals surface area contributed by atoms with E-state index in [-0.39, 0.29) is 17.3 Å².